The SMILES string of the molecule is COc1ccc(OCc2nc(-c3cc(C(=O)NC(C)C)c(C)n3-c3cccs3)cs2)cc1. The summed E-state index contributed by atoms with van der Waals surface area (Å²) in [5.74, 6) is 1.47. The number of amides is 1. The van der Waals surface area contributed by atoms with Crippen LogP contribution in [0.2, 0.25) is 0 Å². The third-order valence-electron chi connectivity index (χ3n) is 4.87. The Bertz CT molecular complexity index is 1190. The smallest absolute Gasteiger partial charge is 0.253 e. The number of methoxy groups -OCH3 is 1. The van der Waals surface area contributed by atoms with Gasteiger partial charge < -0.3 is 19.4 Å². The highest BCUT2D eigenvalue weighted by molar-refractivity contribution is 7.12. The zero-order chi connectivity index (χ0) is 22.7. The molecule has 0 aliphatic heterocycles. The number of thiophene rings is 1. The van der Waals surface area contributed by atoms with Crippen LogP contribution >= 0.6 is 22.7 Å². The Kier molecular flexibility index (Phi) is 6.62. The Labute approximate surface area is 195 Å². The summed E-state index contributed by atoms with van der Waals surface area (Å²) in [7, 11) is 1.64. The minimum Gasteiger partial charge on any atom is -0.497 e. The van der Waals surface area contributed by atoms with E-state index in [1.54, 1.807) is 29.8 Å². The molecule has 8 heteroatoms. The highest BCUT2D eigenvalue weighted by atomic mass is 32.1. The lowest BCUT2D eigenvalue weighted by molar-refractivity contribution is 0.0942. The fraction of sp³-hybridized carbons (Fsp3) is 0.250. The van der Waals surface area contributed by atoms with Crippen LogP contribution in [0.3, 0.4) is 0 Å². The lowest BCUT2D eigenvalue weighted by Crippen LogP contribution is -2.30. The maximum absolute atomic E-state index is 12.8. The third-order valence-corrected chi connectivity index (χ3v) is 6.55. The lowest BCUT2D eigenvalue weighted by atomic mass is 10.2. The Hall–Kier alpha value is -3.10. The fourth-order valence-electron chi connectivity index (χ4n) is 3.36. The molecule has 0 saturated carbocycles. The van der Waals surface area contributed by atoms with Gasteiger partial charge in [0.15, 0.2) is 0 Å². The van der Waals surface area contributed by atoms with Crippen molar-refractivity contribution in [1.29, 1.82) is 0 Å². The van der Waals surface area contributed by atoms with E-state index < -0.39 is 0 Å². The molecule has 3 aromatic heterocycles. The molecule has 4 aromatic rings. The Morgan fingerprint density at radius 1 is 1.16 bits per heavy atom. The van der Waals surface area contributed by atoms with Gasteiger partial charge in [0.25, 0.3) is 5.91 Å². The van der Waals surface area contributed by atoms with Crippen molar-refractivity contribution in [1.82, 2.24) is 14.9 Å². The van der Waals surface area contributed by atoms with E-state index in [4.69, 9.17) is 14.5 Å². The van der Waals surface area contributed by atoms with Crippen LogP contribution in [0.25, 0.3) is 16.4 Å². The molecule has 0 unspecified atom stereocenters. The first-order valence-electron chi connectivity index (χ1n) is 10.2. The summed E-state index contributed by atoms with van der Waals surface area (Å²) < 4.78 is 13.2. The van der Waals surface area contributed by atoms with Gasteiger partial charge in [0, 0.05) is 17.1 Å². The number of hydrogen-bond acceptors (Lipinski definition) is 6. The topological polar surface area (TPSA) is 65.4 Å². The van der Waals surface area contributed by atoms with E-state index in [9.17, 15) is 4.79 Å². The minimum absolute atomic E-state index is 0.0661. The minimum atomic E-state index is -0.0765. The van der Waals surface area contributed by atoms with Gasteiger partial charge in [-0.3, -0.25) is 4.79 Å². The lowest BCUT2D eigenvalue weighted by Gasteiger charge is -2.10. The summed E-state index contributed by atoms with van der Waals surface area (Å²) in [5.41, 5.74) is 3.27. The van der Waals surface area contributed by atoms with Crippen LogP contribution in [0.4, 0.5) is 0 Å². The average Bonchev–Trinajstić information content (AvgIpc) is 3.52. The number of aromatic nitrogens is 2. The van der Waals surface area contributed by atoms with Crippen LogP contribution in [-0.2, 0) is 6.61 Å². The molecule has 0 spiro atoms. The number of carbonyl (C=O) groups is 1. The van der Waals surface area contributed by atoms with Crippen molar-refractivity contribution < 1.29 is 14.3 Å². The van der Waals surface area contributed by atoms with Crippen LogP contribution in [0, 0.1) is 6.92 Å². The van der Waals surface area contributed by atoms with Gasteiger partial charge >= 0.3 is 0 Å². The number of nitrogens with zero attached hydrogens (tertiary/aromatic N) is 2. The molecule has 0 bridgehead atoms. The van der Waals surface area contributed by atoms with Gasteiger partial charge in [-0.15, -0.1) is 22.7 Å². The first-order valence-corrected chi connectivity index (χ1v) is 12.0. The average molecular weight is 468 g/mol. The second kappa shape index (κ2) is 9.58. The van der Waals surface area contributed by atoms with Gasteiger partial charge in [-0.05, 0) is 68.6 Å². The van der Waals surface area contributed by atoms with Crippen LogP contribution in [-0.4, -0.2) is 28.6 Å². The molecular weight excluding hydrogens is 442 g/mol. The van der Waals surface area contributed by atoms with E-state index in [-0.39, 0.29) is 11.9 Å². The van der Waals surface area contributed by atoms with Crippen molar-refractivity contribution in [2.75, 3.05) is 7.11 Å². The first-order chi connectivity index (χ1) is 15.5. The molecule has 0 saturated heterocycles. The molecule has 32 heavy (non-hydrogen) atoms. The monoisotopic (exact) mass is 467 g/mol. The number of hydrogen-bond donors (Lipinski definition) is 1. The number of carbonyl (C=O) groups excluding carboxylic acids is 1. The zero-order valence-electron chi connectivity index (χ0n) is 18.4. The predicted molar refractivity (Wildman–Crippen MR) is 129 cm³/mol. The van der Waals surface area contributed by atoms with Gasteiger partial charge in [0.05, 0.1) is 29.1 Å². The van der Waals surface area contributed by atoms with Crippen LogP contribution in [0.1, 0.15) is 34.9 Å². The summed E-state index contributed by atoms with van der Waals surface area (Å²) in [6.07, 6.45) is 0. The largest absolute Gasteiger partial charge is 0.497 e. The molecule has 1 amide bonds. The van der Waals surface area contributed by atoms with Crippen molar-refractivity contribution >= 4 is 28.6 Å². The second-order valence-electron chi connectivity index (χ2n) is 7.53. The summed E-state index contributed by atoms with van der Waals surface area (Å²) in [6.45, 7) is 6.26. The van der Waals surface area contributed by atoms with Crippen molar-refractivity contribution in [2.24, 2.45) is 0 Å². The molecule has 6 nitrogen and oxygen atoms in total. The molecular formula is C24H25N3O3S2. The summed E-state index contributed by atoms with van der Waals surface area (Å²) in [4.78, 5) is 17.6. The number of thiazole rings is 1. The molecule has 0 aliphatic rings. The van der Waals surface area contributed by atoms with E-state index in [1.165, 1.54) is 0 Å². The summed E-state index contributed by atoms with van der Waals surface area (Å²) >= 11 is 3.17. The Morgan fingerprint density at radius 3 is 2.56 bits per heavy atom. The van der Waals surface area contributed by atoms with Gasteiger partial charge in [0.2, 0.25) is 0 Å². The van der Waals surface area contributed by atoms with E-state index >= 15 is 0 Å². The maximum Gasteiger partial charge on any atom is 0.253 e. The quantitative estimate of drug-likeness (QED) is 0.361. The third kappa shape index (κ3) is 4.71. The van der Waals surface area contributed by atoms with Gasteiger partial charge in [-0.25, -0.2) is 4.98 Å². The van der Waals surface area contributed by atoms with Gasteiger partial charge in [-0.2, -0.15) is 0 Å². The fourth-order valence-corrected chi connectivity index (χ4v) is 4.85. The van der Waals surface area contributed by atoms with E-state index in [0.29, 0.717) is 12.2 Å². The molecule has 1 aromatic carbocycles. The molecule has 0 atom stereocenters. The van der Waals surface area contributed by atoms with E-state index in [1.807, 2.05) is 74.0 Å². The second-order valence-corrected chi connectivity index (χ2v) is 9.40. The summed E-state index contributed by atoms with van der Waals surface area (Å²) in [6, 6.07) is 13.5. The molecule has 4 rings (SSSR count). The highest BCUT2D eigenvalue weighted by Gasteiger charge is 2.22. The van der Waals surface area contributed by atoms with Gasteiger partial charge in [0.1, 0.15) is 23.1 Å². The Morgan fingerprint density at radius 2 is 1.91 bits per heavy atom. The molecule has 166 valence electrons. The van der Waals surface area contributed by atoms with Crippen molar-refractivity contribution in [3.63, 3.8) is 0 Å². The van der Waals surface area contributed by atoms with Crippen LogP contribution in [0.5, 0.6) is 11.5 Å². The van der Waals surface area contributed by atoms with E-state index in [0.717, 1.165) is 38.6 Å². The number of ether oxygens (including phenoxy) is 2. The highest BCUT2D eigenvalue weighted by Crippen LogP contribution is 2.32. The zero-order valence-corrected chi connectivity index (χ0v) is 20.0. The van der Waals surface area contributed by atoms with Crippen molar-refractivity contribution in [3.05, 3.63) is 69.5 Å². The molecule has 0 fully saturated rings. The molecule has 0 aliphatic carbocycles. The maximum atomic E-state index is 12.8. The molecule has 3 heterocycles. The van der Waals surface area contributed by atoms with Crippen molar-refractivity contribution in [2.45, 2.75) is 33.4 Å². The number of benzene rings is 1. The number of nitrogens with one attached hydrogen (secondary N) is 1. The summed E-state index contributed by atoms with van der Waals surface area (Å²) in [5, 5.41) is 8.94. The normalized spacial score (nSPS) is 11.0. The van der Waals surface area contributed by atoms with Crippen molar-refractivity contribution in [3.8, 4) is 27.9 Å². The first kappa shape index (κ1) is 22.1. The molecule has 0 radical (unpaired) electrons. The molecule has 1 N–H and O–H groups in total. The van der Waals surface area contributed by atoms with Gasteiger partial charge in [-0.1, -0.05) is 0 Å². The predicted octanol–water partition coefficient (Wildman–Crippen LogP) is 5.70. The number of rotatable bonds is 8. The van der Waals surface area contributed by atoms with Crippen LogP contribution < -0.4 is 14.8 Å². The van der Waals surface area contributed by atoms with E-state index in [2.05, 4.69) is 9.88 Å². The van der Waals surface area contributed by atoms with Crippen LogP contribution in [0.15, 0.2) is 53.2 Å². The standard InChI is InChI=1S/C24H25N3O3S2/c1-15(2)25-24(28)19-12-21(27(16(19)3)23-6-5-11-31-23)20-14-32-22(26-20)13-30-18-9-7-17(29-4)8-10-18/h5-12,14-15H,13H2,1-4H3,(H,25,28). The Balaban J connectivity index is 1.61.